The number of carboxylic acids is 3. The Morgan fingerprint density at radius 1 is 0.962 bits per heavy atom. The van der Waals surface area contributed by atoms with Crippen LogP contribution in [0, 0.1) is 0 Å². The van der Waals surface area contributed by atoms with Crippen LogP contribution in [0.15, 0.2) is 0 Å². The van der Waals surface area contributed by atoms with Crippen LogP contribution in [-0.4, -0.2) is 74.1 Å². The second kappa shape index (κ2) is 11.6. The summed E-state index contributed by atoms with van der Waals surface area (Å²) in [6.45, 7) is 1.62. The van der Waals surface area contributed by atoms with Crippen LogP contribution in [0.4, 0.5) is 4.79 Å². The van der Waals surface area contributed by atoms with Crippen molar-refractivity contribution in [2.45, 2.75) is 51.1 Å². The first-order chi connectivity index (χ1) is 12.1. The zero-order valence-corrected chi connectivity index (χ0v) is 14.2. The highest BCUT2D eigenvalue weighted by Gasteiger charge is 2.31. The maximum absolute atomic E-state index is 11.9. The number of hydrogen-bond acceptors (Lipinski definition) is 6. The van der Waals surface area contributed by atoms with Crippen molar-refractivity contribution in [3.8, 4) is 0 Å². The van der Waals surface area contributed by atoms with E-state index in [-0.39, 0.29) is 23.8 Å². The van der Waals surface area contributed by atoms with Gasteiger partial charge >= 0.3 is 23.9 Å². The summed E-state index contributed by atoms with van der Waals surface area (Å²) in [6.07, 6.45) is -0.420. The number of rotatable bonds is 12. The van der Waals surface area contributed by atoms with E-state index in [1.165, 1.54) is 6.92 Å². The van der Waals surface area contributed by atoms with E-state index in [0.717, 1.165) is 0 Å². The number of hydroxylamine groups is 2. The second-order valence-corrected chi connectivity index (χ2v) is 5.45. The van der Waals surface area contributed by atoms with E-state index in [1.54, 1.807) is 0 Å². The molecule has 0 aliphatic carbocycles. The van der Waals surface area contributed by atoms with Crippen LogP contribution in [0.25, 0.3) is 0 Å². The van der Waals surface area contributed by atoms with Gasteiger partial charge in [-0.05, 0) is 25.7 Å². The Balaban J connectivity index is 4.67. The Kier molecular flexibility index (Phi) is 10.3. The van der Waals surface area contributed by atoms with Crippen molar-refractivity contribution in [3.05, 3.63) is 0 Å². The van der Waals surface area contributed by atoms with Crippen molar-refractivity contribution >= 4 is 29.8 Å². The lowest BCUT2D eigenvalue weighted by Gasteiger charge is -2.24. The lowest BCUT2D eigenvalue weighted by molar-refractivity contribution is -0.157. The highest BCUT2D eigenvalue weighted by atomic mass is 16.5. The van der Waals surface area contributed by atoms with Crippen molar-refractivity contribution in [1.82, 2.24) is 15.7 Å². The molecule has 148 valence electrons. The van der Waals surface area contributed by atoms with Crippen molar-refractivity contribution in [1.29, 1.82) is 0 Å². The molecule has 0 bridgehead atoms. The number of carbonyl (C=O) groups excluding carboxylic acids is 2. The van der Waals surface area contributed by atoms with E-state index in [4.69, 9.17) is 15.3 Å². The fourth-order valence-electron chi connectivity index (χ4n) is 1.96. The Bertz CT molecular complexity index is 538. The van der Waals surface area contributed by atoms with Gasteiger partial charge in [-0.2, -0.15) is 5.06 Å². The van der Waals surface area contributed by atoms with E-state index in [1.807, 2.05) is 5.32 Å². The number of aliphatic carboxylic acids is 3. The van der Waals surface area contributed by atoms with Crippen LogP contribution < -0.4 is 10.6 Å². The van der Waals surface area contributed by atoms with Crippen molar-refractivity contribution in [2.24, 2.45) is 0 Å². The van der Waals surface area contributed by atoms with Crippen LogP contribution in [0.1, 0.15) is 39.0 Å². The van der Waals surface area contributed by atoms with Crippen LogP contribution in [-0.2, 0) is 19.2 Å². The summed E-state index contributed by atoms with van der Waals surface area (Å²) in [7, 11) is 0. The molecule has 12 nitrogen and oxygen atoms in total. The normalized spacial score (nSPS) is 12.5. The first-order valence-corrected chi connectivity index (χ1v) is 7.76. The third-order valence-electron chi connectivity index (χ3n) is 3.31. The molecular weight excluding hydrogens is 354 g/mol. The summed E-state index contributed by atoms with van der Waals surface area (Å²) >= 11 is 0. The molecule has 0 aliphatic heterocycles. The van der Waals surface area contributed by atoms with Gasteiger partial charge in [-0.1, -0.05) is 0 Å². The van der Waals surface area contributed by atoms with Gasteiger partial charge in [-0.15, -0.1) is 0 Å². The third-order valence-corrected chi connectivity index (χ3v) is 3.31. The van der Waals surface area contributed by atoms with E-state index in [0.29, 0.717) is 13.0 Å². The molecule has 2 atom stereocenters. The van der Waals surface area contributed by atoms with E-state index < -0.39 is 48.9 Å². The maximum atomic E-state index is 11.9. The monoisotopic (exact) mass is 377 g/mol. The summed E-state index contributed by atoms with van der Waals surface area (Å²) in [6, 6.07) is -4.58. The van der Waals surface area contributed by atoms with Gasteiger partial charge in [0.25, 0.3) is 0 Å². The minimum atomic E-state index is -1.62. The Morgan fingerprint density at radius 3 is 2.04 bits per heavy atom. The molecule has 0 spiro atoms. The molecule has 6 N–H and O–H groups in total. The maximum Gasteiger partial charge on any atom is 0.342 e. The van der Waals surface area contributed by atoms with Crippen molar-refractivity contribution in [3.63, 3.8) is 0 Å². The van der Waals surface area contributed by atoms with Crippen molar-refractivity contribution in [2.75, 3.05) is 6.54 Å². The predicted octanol–water partition coefficient (Wildman–Crippen LogP) is -0.535. The average molecular weight is 377 g/mol. The molecule has 0 saturated carbocycles. The van der Waals surface area contributed by atoms with Gasteiger partial charge in [0, 0.05) is 19.9 Å². The molecule has 0 aromatic carbocycles. The minimum absolute atomic E-state index is 0.128. The summed E-state index contributed by atoms with van der Waals surface area (Å²) in [5.74, 6) is -4.53. The van der Waals surface area contributed by atoms with Gasteiger partial charge in [-0.3, -0.25) is 14.8 Å². The zero-order valence-electron chi connectivity index (χ0n) is 14.2. The zero-order chi connectivity index (χ0) is 20.3. The topological polar surface area (TPSA) is 194 Å². The number of carbonyl (C=O) groups is 5. The second-order valence-electron chi connectivity index (χ2n) is 5.45. The Hall–Kier alpha value is -2.89. The fraction of sp³-hybridized carbons (Fsp3) is 0.643. The van der Waals surface area contributed by atoms with Gasteiger partial charge in [0.05, 0.1) is 0 Å². The quantitative estimate of drug-likeness (QED) is 0.147. The number of unbranched alkanes of at least 4 members (excludes halogenated alkanes) is 1. The highest BCUT2D eigenvalue weighted by molar-refractivity contribution is 5.85. The number of nitrogens with one attached hydrogen (secondary N) is 2. The van der Waals surface area contributed by atoms with Crippen LogP contribution in [0.2, 0.25) is 0 Å². The van der Waals surface area contributed by atoms with Crippen LogP contribution in [0.5, 0.6) is 0 Å². The molecule has 0 heterocycles. The largest absolute Gasteiger partial charge is 0.481 e. The molecule has 0 aromatic heterocycles. The SMILES string of the molecule is CC(=O)NCCCC[C@@H](C(=O)O)N(O)C(=O)N[C@@H](CCC(=O)O)C(=O)O. The third kappa shape index (κ3) is 9.42. The van der Waals surface area contributed by atoms with Gasteiger partial charge in [-0.25, -0.2) is 14.4 Å². The molecule has 0 radical (unpaired) electrons. The molecule has 0 unspecified atom stereocenters. The van der Waals surface area contributed by atoms with Gasteiger partial charge < -0.3 is 26.0 Å². The smallest absolute Gasteiger partial charge is 0.342 e. The summed E-state index contributed by atoms with van der Waals surface area (Å²) < 4.78 is 0. The fourth-order valence-corrected chi connectivity index (χ4v) is 1.96. The lowest BCUT2D eigenvalue weighted by atomic mass is 10.1. The Labute approximate surface area is 148 Å². The first kappa shape index (κ1) is 23.1. The number of urea groups is 1. The highest BCUT2D eigenvalue weighted by Crippen LogP contribution is 2.09. The first-order valence-electron chi connectivity index (χ1n) is 7.76. The molecule has 0 aliphatic rings. The summed E-state index contributed by atoms with van der Waals surface area (Å²) in [5.41, 5.74) is 0. The number of hydrogen-bond donors (Lipinski definition) is 6. The number of carboxylic acid groups (broad SMARTS) is 3. The molecule has 3 amide bonds. The molecular formula is C14H23N3O9. The van der Waals surface area contributed by atoms with Crippen LogP contribution >= 0.6 is 0 Å². The minimum Gasteiger partial charge on any atom is -0.481 e. The van der Waals surface area contributed by atoms with E-state index >= 15 is 0 Å². The molecule has 12 heteroatoms. The van der Waals surface area contributed by atoms with E-state index in [9.17, 15) is 29.2 Å². The summed E-state index contributed by atoms with van der Waals surface area (Å²) in [4.78, 5) is 55.3. The van der Waals surface area contributed by atoms with Crippen LogP contribution in [0.3, 0.4) is 0 Å². The van der Waals surface area contributed by atoms with Gasteiger partial charge in [0.15, 0.2) is 6.04 Å². The molecule has 0 aromatic rings. The average Bonchev–Trinajstić information content (AvgIpc) is 2.52. The molecule has 0 fully saturated rings. The molecule has 0 rings (SSSR count). The number of amides is 3. The molecule has 0 saturated heterocycles. The predicted molar refractivity (Wildman–Crippen MR) is 84.4 cm³/mol. The van der Waals surface area contributed by atoms with Crippen molar-refractivity contribution < 1.29 is 44.5 Å². The summed E-state index contributed by atoms with van der Waals surface area (Å²) in [5, 5.41) is 40.6. The molecule has 26 heavy (non-hydrogen) atoms. The van der Waals surface area contributed by atoms with E-state index in [2.05, 4.69) is 5.32 Å². The lowest BCUT2D eigenvalue weighted by Crippen LogP contribution is -2.52. The van der Waals surface area contributed by atoms with Gasteiger partial charge in [0.2, 0.25) is 5.91 Å². The standard InChI is InChI=1S/C14H23N3O9/c1-8(18)15-7-3-2-4-10(13(23)24)17(26)14(25)16-9(12(21)22)5-6-11(19)20/h9-10,26H,2-7H2,1H3,(H,15,18)(H,16,25)(H,19,20)(H,21,22)(H,23,24)/t9-,10-/m0/s1. The Morgan fingerprint density at radius 2 is 1.58 bits per heavy atom. The number of nitrogens with zero attached hydrogens (tertiary/aromatic N) is 1. The van der Waals surface area contributed by atoms with Gasteiger partial charge in [0.1, 0.15) is 6.04 Å².